The van der Waals surface area contributed by atoms with Gasteiger partial charge in [0.05, 0.1) is 6.54 Å². The minimum absolute atomic E-state index is 0.0280. The summed E-state index contributed by atoms with van der Waals surface area (Å²) in [6.07, 6.45) is 0. The fourth-order valence-electron chi connectivity index (χ4n) is 2.13. The molecule has 0 aromatic heterocycles. The SMILES string of the molecule is CCN(CC(=O)NC(C)(C)C)C(=O)c1ccc(CNC(C)=O)cc1. The van der Waals surface area contributed by atoms with Crippen LogP contribution in [-0.4, -0.2) is 41.2 Å². The van der Waals surface area contributed by atoms with E-state index < -0.39 is 0 Å². The van der Waals surface area contributed by atoms with Gasteiger partial charge in [-0.25, -0.2) is 0 Å². The maximum Gasteiger partial charge on any atom is 0.254 e. The second-order valence-electron chi connectivity index (χ2n) is 6.72. The molecule has 6 nitrogen and oxygen atoms in total. The number of nitrogens with zero attached hydrogens (tertiary/aromatic N) is 1. The van der Waals surface area contributed by atoms with E-state index in [1.807, 2.05) is 27.7 Å². The number of amides is 3. The molecule has 1 aromatic rings. The minimum atomic E-state index is -0.328. The minimum Gasteiger partial charge on any atom is -0.352 e. The maximum atomic E-state index is 12.5. The van der Waals surface area contributed by atoms with Gasteiger partial charge in [0.2, 0.25) is 11.8 Å². The Labute approximate surface area is 143 Å². The van der Waals surface area contributed by atoms with E-state index in [0.29, 0.717) is 18.7 Å². The first kappa shape index (κ1) is 19.7. The van der Waals surface area contributed by atoms with Gasteiger partial charge in [-0.2, -0.15) is 0 Å². The summed E-state index contributed by atoms with van der Waals surface area (Å²) in [5, 5.41) is 5.56. The number of carbonyl (C=O) groups excluding carboxylic acids is 3. The first-order valence-corrected chi connectivity index (χ1v) is 8.06. The Morgan fingerprint density at radius 2 is 1.67 bits per heavy atom. The second kappa shape index (κ2) is 8.47. The van der Waals surface area contributed by atoms with E-state index in [-0.39, 0.29) is 29.8 Å². The first-order valence-electron chi connectivity index (χ1n) is 8.06. The molecule has 0 fully saturated rings. The van der Waals surface area contributed by atoms with Crippen molar-refractivity contribution in [2.24, 2.45) is 0 Å². The van der Waals surface area contributed by atoms with Crippen molar-refractivity contribution in [3.05, 3.63) is 35.4 Å². The van der Waals surface area contributed by atoms with E-state index in [2.05, 4.69) is 10.6 Å². The molecule has 24 heavy (non-hydrogen) atoms. The van der Waals surface area contributed by atoms with Crippen LogP contribution in [0.5, 0.6) is 0 Å². The third-order valence-corrected chi connectivity index (χ3v) is 3.26. The summed E-state index contributed by atoms with van der Waals surface area (Å²) in [6.45, 7) is 9.90. The van der Waals surface area contributed by atoms with Crippen molar-refractivity contribution < 1.29 is 14.4 Å². The molecule has 0 radical (unpaired) electrons. The van der Waals surface area contributed by atoms with Gasteiger partial charge in [0.15, 0.2) is 0 Å². The average molecular weight is 333 g/mol. The van der Waals surface area contributed by atoms with Crippen LogP contribution in [0.25, 0.3) is 0 Å². The molecule has 0 atom stereocenters. The maximum absolute atomic E-state index is 12.5. The summed E-state index contributed by atoms with van der Waals surface area (Å²) in [5.74, 6) is -0.468. The standard InChI is InChI=1S/C18H27N3O3/c1-6-21(12-16(23)20-18(3,4)5)17(24)15-9-7-14(8-10-15)11-19-13(2)22/h7-10H,6,11-12H2,1-5H3,(H,19,22)(H,20,23). The number of hydrogen-bond acceptors (Lipinski definition) is 3. The van der Waals surface area contributed by atoms with Crippen LogP contribution in [0.3, 0.4) is 0 Å². The lowest BCUT2D eigenvalue weighted by Gasteiger charge is -2.25. The summed E-state index contributed by atoms with van der Waals surface area (Å²) in [7, 11) is 0. The fourth-order valence-corrected chi connectivity index (χ4v) is 2.13. The van der Waals surface area contributed by atoms with Crippen molar-refractivity contribution in [2.75, 3.05) is 13.1 Å². The average Bonchev–Trinajstić information content (AvgIpc) is 2.48. The lowest BCUT2D eigenvalue weighted by molar-refractivity contribution is -0.123. The molecule has 0 aliphatic rings. The molecule has 2 N–H and O–H groups in total. The molecular formula is C18H27N3O3. The zero-order valence-electron chi connectivity index (χ0n) is 15.1. The Kier molecular flexibility index (Phi) is 6.95. The van der Waals surface area contributed by atoms with Gasteiger partial charge in [0.25, 0.3) is 5.91 Å². The van der Waals surface area contributed by atoms with Crippen LogP contribution in [0.2, 0.25) is 0 Å². The van der Waals surface area contributed by atoms with E-state index in [0.717, 1.165) is 5.56 Å². The predicted octanol–water partition coefficient (Wildman–Crippen LogP) is 1.70. The summed E-state index contributed by atoms with van der Waals surface area (Å²) >= 11 is 0. The van der Waals surface area contributed by atoms with Crippen LogP contribution in [0, 0.1) is 0 Å². The fraction of sp³-hybridized carbons (Fsp3) is 0.500. The molecule has 0 aliphatic heterocycles. The van der Waals surface area contributed by atoms with Gasteiger partial charge in [-0.3, -0.25) is 14.4 Å². The normalized spacial score (nSPS) is 10.9. The predicted molar refractivity (Wildman–Crippen MR) is 93.4 cm³/mol. The van der Waals surface area contributed by atoms with Gasteiger partial charge in [-0.05, 0) is 45.4 Å². The molecule has 1 rings (SSSR count). The van der Waals surface area contributed by atoms with Gasteiger partial charge < -0.3 is 15.5 Å². The van der Waals surface area contributed by atoms with Crippen molar-refractivity contribution >= 4 is 17.7 Å². The number of rotatable bonds is 6. The highest BCUT2D eigenvalue weighted by Gasteiger charge is 2.20. The number of benzene rings is 1. The molecule has 0 spiro atoms. The molecule has 0 aliphatic carbocycles. The van der Waals surface area contributed by atoms with Crippen molar-refractivity contribution in [1.29, 1.82) is 0 Å². The van der Waals surface area contributed by atoms with Crippen molar-refractivity contribution in [3.8, 4) is 0 Å². The first-order chi connectivity index (χ1) is 11.1. The Hall–Kier alpha value is -2.37. The van der Waals surface area contributed by atoms with E-state index in [1.165, 1.54) is 11.8 Å². The molecule has 0 saturated carbocycles. The molecule has 3 amide bonds. The third-order valence-electron chi connectivity index (χ3n) is 3.26. The summed E-state index contributed by atoms with van der Waals surface area (Å²) in [6, 6.07) is 7.02. The zero-order valence-corrected chi connectivity index (χ0v) is 15.1. The summed E-state index contributed by atoms with van der Waals surface area (Å²) < 4.78 is 0. The lowest BCUT2D eigenvalue weighted by atomic mass is 10.1. The monoisotopic (exact) mass is 333 g/mol. The molecule has 0 unspecified atom stereocenters. The highest BCUT2D eigenvalue weighted by atomic mass is 16.2. The van der Waals surface area contributed by atoms with Gasteiger partial charge in [-0.1, -0.05) is 12.1 Å². The number of hydrogen-bond donors (Lipinski definition) is 2. The van der Waals surface area contributed by atoms with Gasteiger partial charge >= 0.3 is 0 Å². The molecule has 6 heteroatoms. The van der Waals surface area contributed by atoms with Gasteiger partial charge in [-0.15, -0.1) is 0 Å². The molecule has 1 aromatic carbocycles. The van der Waals surface area contributed by atoms with Crippen molar-refractivity contribution in [1.82, 2.24) is 15.5 Å². The third kappa shape index (κ3) is 6.81. The highest BCUT2D eigenvalue weighted by Crippen LogP contribution is 2.08. The smallest absolute Gasteiger partial charge is 0.254 e. The summed E-state index contributed by atoms with van der Waals surface area (Å²) in [4.78, 5) is 37.0. The zero-order chi connectivity index (χ0) is 18.3. The summed E-state index contributed by atoms with van der Waals surface area (Å²) in [5.41, 5.74) is 1.10. The van der Waals surface area contributed by atoms with E-state index in [4.69, 9.17) is 0 Å². The molecule has 132 valence electrons. The van der Waals surface area contributed by atoms with Crippen LogP contribution in [-0.2, 0) is 16.1 Å². The van der Waals surface area contributed by atoms with Crippen LogP contribution in [0.15, 0.2) is 24.3 Å². The van der Waals surface area contributed by atoms with Gasteiger partial charge in [0, 0.05) is 31.1 Å². The molecule has 0 saturated heterocycles. The second-order valence-corrected chi connectivity index (χ2v) is 6.72. The topological polar surface area (TPSA) is 78.5 Å². The molecule has 0 bridgehead atoms. The Morgan fingerprint density at radius 3 is 2.12 bits per heavy atom. The number of likely N-dealkylation sites (N-methyl/N-ethyl adjacent to an activating group) is 1. The Balaban J connectivity index is 2.71. The molecular weight excluding hydrogens is 306 g/mol. The lowest BCUT2D eigenvalue weighted by Crippen LogP contribution is -2.47. The quantitative estimate of drug-likeness (QED) is 0.832. The largest absolute Gasteiger partial charge is 0.352 e. The van der Waals surface area contributed by atoms with E-state index in [1.54, 1.807) is 24.3 Å². The van der Waals surface area contributed by atoms with Crippen LogP contribution < -0.4 is 10.6 Å². The number of carbonyl (C=O) groups is 3. The Bertz CT molecular complexity index is 589. The van der Waals surface area contributed by atoms with E-state index in [9.17, 15) is 14.4 Å². The van der Waals surface area contributed by atoms with Crippen LogP contribution >= 0.6 is 0 Å². The Morgan fingerprint density at radius 1 is 1.08 bits per heavy atom. The van der Waals surface area contributed by atoms with Crippen LogP contribution in [0.4, 0.5) is 0 Å². The number of nitrogens with one attached hydrogen (secondary N) is 2. The van der Waals surface area contributed by atoms with Crippen molar-refractivity contribution in [2.45, 2.75) is 46.7 Å². The molecule has 0 heterocycles. The van der Waals surface area contributed by atoms with Crippen LogP contribution in [0.1, 0.15) is 50.5 Å². The van der Waals surface area contributed by atoms with Crippen molar-refractivity contribution in [3.63, 3.8) is 0 Å². The highest BCUT2D eigenvalue weighted by molar-refractivity contribution is 5.96. The van der Waals surface area contributed by atoms with E-state index >= 15 is 0 Å². The van der Waals surface area contributed by atoms with Gasteiger partial charge in [0.1, 0.15) is 0 Å².